The monoisotopic (exact) mass is 343 g/mol. The zero-order valence-corrected chi connectivity index (χ0v) is 14.5. The SMILES string of the molecule is Cc1cn2c(n1)CC[C@H](NS(=O)(=O)C1=Cc3ccccc3CC1)C2. The lowest BCUT2D eigenvalue weighted by Gasteiger charge is -2.26. The van der Waals surface area contributed by atoms with Crippen molar-refractivity contribution in [1.29, 1.82) is 0 Å². The molecule has 0 radical (unpaired) electrons. The van der Waals surface area contributed by atoms with Crippen LogP contribution in [0, 0.1) is 6.92 Å². The van der Waals surface area contributed by atoms with Crippen molar-refractivity contribution in [2.75, 3.05) is 0 Å². The number of fused-ring (bicyclic) bond motifs is 2. The van der Waals surface area contributed by atoms with Crippen LogP contribution in [0.1, 0.15) is 35.5 Å². The highest BCUT2D eigenvalue weighted by Gasteiger charge is 2.27. The number of aromatic nitrogens is 2. The van der Waals surface area contributed by atoms with Gasteiger partial charge < -0.3 is 4.57 Å². The summed E-state index contributed by atoms with van der Waals surface area (Å²) in [6.07, 6.45) is 6.75. The van der Waals surface area contributed by atoms with E-state index in [4.69, 9.17) is 0 Å². The van der Waals surface area contributed by atoms with E-state index in [0.717, 1.165) is 36.3 Å². The molecule has 0 amide bonds. The average molecular weight is 343 g/mol. The van der Waals surface area contributed by atoms with Crippen LogP contribution in [0.4, 0.5) is 0 Å². The molecular weight excluding hydrogens is 322 g/mol. The van der Waals surface area contributed by atoms with Gasteiger partial charge in [-0.25, -0.2) is 18.1 Å². The minimum Gasteiger partial charge on any atom is -0.333 e. The Morgan fingerprint density at radius 1 is 1.21 bits per heavy atom. The summed E-state index contributed by atoms with van der Waals surface area (Å²) < 4.78 is 30.5. The third-order valence-electron chi connectivity index (χ3n) is 4.79. The Labute approximate surface area is 142 Å². The Morgan fingerprint density at radius 3 is 2.92 bits per heavy atom. The number of benzene rings is 1. The van der Waals surface area contributed by atoms with Gasteiger partial charge >= 0.3 is 0 Å². The largest absolute Gasteiger partial charge is 0.333 e. The van der Waals surface area contributed by atoms with Crippen LogP contribution in [-0.4, -0.2) is 24.0 Å². The van der Waals surface area contributed by atoms with Gasteiger partial charge in [-0.05, 0) is 43.4 Å². The van der Waals surface area contributed by atoms with Crippen molar-refractivity contribution in [2.24, 2.45) is 0 Å². The Balaban J connectivity index is 1.53. The number of imidazole rings is 1. The standard InChI is InChI=1S/C18H21N3O2S/c1-13-11-21-12-16(7-9-18(21)19-13)20-24(22,23)17-8-6-14-4-2-3-5-15(14)10-17/h2-5,10-11,16,20H,6-9,12H2,1H3/t16-/m0/s1. The van der Waals surface area contributed by atoms with E-state index in [0.29, 0.717) is 17.9 Å². The van der Waals surface area contributed by atoms with E-state index in [1.807, 2.05) is 37.4 Å². The molecule has 0 saturated heterocycles. The second-order valence-electron chi connectivity index (χ2n) is 6.62. The molecule has 1 aliphatic carbocycles. The van der Waals surface area contributed by atoms with Gasteiger partial charge in [0.25, 0.3) is 0 Å². The van der Waals surface area contributed by atoms with E-state index in [-0.39, 0.29) is 6.04 Å². The molecule has 1 N–H and O–H groups in total. The predicted molar refractivity (Wildman–Crippen MR) is 93.9 cm³/mol. The van der Waals surface area contributed by atoms with Crippen LogP contribution < -0.4 is 4.72 Å². The summed E-state index contributed by atoms with van der Waals surface area (Å²) in [5.41, 5.74) is 3.22. The maximum absolute atomic E-state index is 12.8. The Morgan fingerprint density at radius 2 is 2.04 bits per heavy atom. The van der Waals surface area contributed by atoms with E-state index >= 15 is 0 Å². The van der Waals surface area contributed by atoms with Gasteiger partial charge in [0.05, 0.1) is 10.6 Å². The van der Waals surface area contributed by atoms with Gasteiger partial charge in [0.15, 0.2) is 0 Å². The molecule has 5 nitrogen and oxygen atoms in total. The average Bonchev–Trinajstić information content (AvgIpc) is 2.93. The summed E-state index contributed by atoms with van der Waals surface area (Å²) in [6.45, 7) is 2.62. The van der Waals surface area contributed by atoms with Crippen LogP contribution in [0.15, 0.2) is 35.4 Å². The molecule has 1 aromatic heterocycles. The Bertz CT molecular complexity index is 912. The summed E-state index contributed by atoms with van der Waals surface area (Å²) in [4.78, 5) is 4.97. The summed E-state index contributed by atoms with van der Waals surface area (Å²) in [7, 11) is -3.44. The number of hydrogen-bond acceptors (Lipinski definition) is 3. The van der Waals surface area contributed by atoms with Crippen molar-refractivity contribution in [3.8, 4) is 0 Å². The third kappa shape index (κ3) is 2.91. The highest BCUT2D eigenvalue weighted by atomic mass is 32.2. The second-order valence-corrected chi connectivity index (χ2v) is 8.38. The first-order chi connectivity index (χ1) is 11.5. The molecule has 6 heteroatoms. The molecule has 1 atom stereocenters. The molecule has 0 spiro atoms. The van der Waals surface area contributed by atoms with Gasteiger partial charge in [-0.3, -0.25) is 0 Å². The van der Waals surface area contributed by atoms with Crippen molar-refractivity contribution >= 4 is 16.1 Å². The molecule has 0 unspecified atom stereocenters. The molecule has 2 aliphatic rings. The summed E-state index contributed by atoms with van der Waals surface area (Å²) in [5.74, 6) is 1.05. The molecule has 2 heterocycles. The maximum Gasteiger partial charge on any atom is 0.237 e. The molecule has 0 saturated carbocycles. The molecule has 1 aliphatic heterocycles. The number of hydrogen-bond donors (Lipinski definition) is 1. The number of allylic oxidation sites excluding steroid dienone is 1. The van der Waals surface area contributed by atoms with Crippen LogP contribution in [-0.2, 0) is 29.4 Å². The van der Waals surface area contributed by atoms with E-state index in [2.05, 4.69) is 20.3 Å². The lowest BCUT2D eigenvalue weighted by Crippen LogP contribution is -2.41. The quantitative estimate of drug-likeness (QED) is 0.931. The first kappa shape index (κ1) is 15.6. The fraction of sp³-hybridized carbons (Fsp3) is 0.389. The van der Waals surface area contributed by atoms with Crippen LogP contribution in [0.2, 0.25) is 0 Å². The van der Waals surface area contributed by atoms with Crippen LogP contribution >= 0.6 is 0 Å². The number of nitrogens with one attached hydrogen (secondary N) is 1. The minimum absolute atomic E-state index is 0.0748. The van der Waals surface area contributed by atoms with Gasteiger partial charge in [0, 0.05) is 25.2 Å². The predicted octanol–water partition coefficient (Wildman–Crippen LogP) is 2.41. The van der Waals surface area contributed by atoms with Gasteiger partial charge in [0.1, 0.15) is 5.82 Å². The first-order valence-corrected chi connectivity index (χ1v) is 9.83. The molecule has 1 aromatic carbocycles. The van der Waals surface area contributed by atoms with E-state index in [1.165, 1.54) is 5.56 Å². The molecule has 24 heavy (non-hydrogen) atoms. The van der Waals surface area contributed by atoms with Crippen molar-refractivity contribution in [1.82, 2.24) is 14.3 Å². The molecule has 4 rings (SSSR count). The number of aryl methyl sites for hydroxylation is 3. The third-order valence-corrected chi connectivity index (χ3v) is 6.45. The first-order valence-electron chi connectivity index (χ1n) is 8.35. The van der Waals surface area contributed by atoms with E-state index < -0.39 is 10.0 Å². The van der Waals surface area contributed by atoms with Crippen molar-refractivity contribution in [3.63, 3.8) is 0 Å². The highest BCUT2D eigenvalue weighted by Crippen LogP contribution is 2.27. The van der Waals surface area contributed by atoms with Crippen LogP contribution in [0.3, 0.4) is 0 Å². The molecule has 0 bridgehead atoms. The highest BCUT2D eigenvalue weighted by molar-refractivity contribution is 7.93. The van der Waals surface area contributed by atoms with E-state index in [1.54, 1.807) is 0 Å². The van der Waals surface area contributed by atoms with Crippen molar-refractivity contribution in [2.45, 2.75) is 45.2 Å². The van der Waals surface area contributed by atoms with Crippen LogP contribution in [0.5, 0.6) is 0 Å². The summed E-state index contributed by atoms with van der Waals surface area (Å²) >= 11 is 0. The Kier molecular flexibility index (Phi) is 3.81. The number of sulfonamides is 1. The Hall–Kier alpha value is -1.92. The van der Waals surface area contributed by atoms with Gasteiger partial charge in [-0.2, -0.15) is 0 Å². The zero-order valence-electron chi connectivity index (χ0n) is 13.7. The van der Waals surface area contributed by atoms with Crippen molar-refractivity contribution < 1.29 is 8.42 Å². The lowest BCUT2D eigenvalue weighted by atomic mass is 9.98. The smallest absolute Gasteiger partial charge is 0.237 e. The molecular formula is C18H21N3O2S. The fourth-order valence-corrected chi connectivity index (χ4v) is 5.03. The van der Waals surface area contributed by atoms with E-state index in [9.17, 15) is 8.42 Å². The van der Waals surface area contributed by atoms with Gasteiger partial charge in [-0.15, -0.1) is 0 Å². The lowest BCUT2D eigenvalue weighted by molar-refractivity contribution is 0.422. The van der Waals surface area contributed by atoms with Gasteiger partial charge in [0.2, 0.25) is 10.0 Å². The molecule has 0 fully saturated rings. The normalized spacial score (nSPS) is 20.2. The zero-order chi connectivity index (χ0) is 16.7. The summed E-state index contributed by atoms with van der Waals surface area (Å²) in [5, 5.41) is 0. The number of nitrogens with zero attached hydrogens (tertiary/aromatic N) is 2. The second kappa shape index (κ2) is 5.86. The van der Waals surface area contributed by atoms with Gasteiger partial charge in [-0.1, -0.05) is 24.3 Å². The fourth-order valence-electron chi connectivity index (χ4n) is 3.60. The minimum atomic E-state index is -3.44. The topological polar surface area (TPSA) is 64.0 Å². The summed E-state index contributed by atoms with van der Waals surface area (Å²) in [6, 6.07) is 7.91. The van der Waals surface area contributed by atoms with Crippen molar-refractivity contribution in [3.05, 3.63) is 58.0 Å². The maximum atomic E-state index is 12.8. The molecule has 126 valence electrons. The molecule has 2 aromatic rings. The number of rotatable bonds is 3. The van der Waals surface area contributed by atoms with Crippen LogP contribution in [0.25, 0.3) is 6.08 Å².